The van der Waals surface area contributed by atoms with Crippen LogP contribution < -0.4 is 29.6 Å². The van der Waals surface area contributed by atoms with Crippen molar-refractivity contribution in [2.24, 2.45) is 0 Å². The van der Waals surface area contributed by atoms with E-state index in [4.69, 9.17) is 5.11 Å². The van der Waals surface area contributed by atoms with Crippen LogP contribution in [0.15, 0.2) is 12.1 Å². The molecule has 0 saturated carbocycles. The van der Waals surface area contributed by atoms with Gasteiger partial charge in [-0.05, 0) is 6.07 Å². The number of carbonyl (C=O) groups is 1. The average molecular weight is 268 g/mol. The van der Waals surface area contributed by atoms with E-state index in [9.17, 15) is 30.1 Å². The van der Waals surface area contributed by atoms with Gasteiger partial charge in [-0.15, -0.1) is 0 Å². The van der Waals surface area contributed by atoms with Gasteiger partial charge in [0.1, 0.15) is 5.56 Å². The van der Waals surface area contributed by atoms with Crippen molar-refractivity contribution < 1.29 is 59.9 Å². The monoisotopic (exact) mass is 268 g/mol. The summed E-state index contributed by atoms with van der Waals surface area (Å²) in [6.45, 7) is 0. The van der Waals surface area contributed by atoms with Gasteiger partial charge < -0.3 is 15.7 Å². The molecule has 0 bridgehead atoms. The summed E-state index contributed by atoms with van der Waals surface area (Å²) in [5.74, 6) is -2.85. The van der Waals surface area contributed by atoms with Crippen LogP contribution in [0.5, 0.6) is 5.75 Å². The summed E-state index contributed by atoms with van der Waals surface area (Å²) in [7, 11) is 0. The summed E-state index contributed by atoms with van der Waals surface area (Å²) in [6, 6.07) is 1.38. The van der Waals surface area contributed by atoms with Gasteiger partial charge in [-0.3, -0.25) is 20.2 Å². The molecule has 0 heterocycles. The molecule has 0 aliphatic rings. The fourth-order valence-corrected chi connectivity index (χ4v) is 1.07. The van der Waals surface area contributed by atoms with Crippen LogP contribution in [-0.2, 0) is 0 Å². The Morgan fingerprint density at radius 2 is 1.67 bits per heavy atom. The van der Waals surface area contributed by atoms with Gasteiger partial charge >= 0.3 is 46.9 Å². The van der Waals surface area contributed by atoms with E-state index in [0.717, 1.165) is 6.07 Å². The van der Waals surface area contributed by atoms with Gasteiger partial charge in [-0.1, -0.05) is 0 Å². The van der Waals surface area contributed by atoms with E-state index in [2.05, 4.69) is 0 Å². The minimum absolute atomic E-state index is 0. The molecule has 0 aliphatic carbocycles. The third kappa shape index (κ3) is 3.37. The van der Waals surface area contributed by atoms with Crippen LogP contribution in [-0.4, -0.2) is 31.5 Å². The number of carboxylic acid groups (broad SMARTS) is 1. The molecule has 10 nitrogen and oxygen atoms in total. The molecule has 0 amide bonds. The number of rotatable bonds is 3. The Morgan fingerprint density at radius 3 is 2.00 bits per heavy atom. The van der Waals surface area contributed by atoms with Gasteiger partial charge in [0.25, 0.3) is 0 Å². The number of nitro benzene ring substituents is 2. The molecule has 92 valence electrons. The van der Waals surface area contributed by atoms with Gasteiger partial charge in [0, 0.05) is 6.07 Å². The topological polar surface area (TPSA) is 174 Å². The summed E-state index contributed by atoms with van der Waals surface area (Å²) in [5.41, 5.74) is -2.96. The Kier molecular flexibility index (Phi) is 7.09. The Hall–Kier alpha value is -1.75. The van der Waals surface area contributed by atoms with E-state index in [-0.39, 0.29) is 35.0 Å². The molecule has 1 rings (SSSR count). The third-order valence-corrected chi connectivity index (χ3v) is 1.74. The van der Waals surface area contributed by atoms with Gasteiger partial charge in [-0.25, -0.2) is 4.79 Å². The Labute approximate surface area is 121 Å². The van der Waals surface area contributed by atoms with Crippen LogP contribution in [0.4, 0.5) is 11.4 Å². The second-order valence-electron chi connectivity index (χ2n) is 2.65. The second kappa shape index (κ2) is 6.86. The summed E-state index contributed by atoms with van der Waals surface area (Å²) in [6.07, 6.45) is 0. The molecule has 0 aliphatic heterocycles. The molecular formula is C7H5N2NaO8. The van der Waals surface area contributed by atoms with Crippen molar-refractivity contribution in [3.8, 4) is 5.75 Å². The molecule has 0 fully saturated rings. The largest absolute Gasteiger partial charge is 1.00 e. The van der Waals surface area contributed by atoms with Crippen molar-refractivity contribution in [3.05, 3.63) is 37.9 Å². The zero-order chi connectivity index (χ0) is 12.5. The number of carboxylic acids is 1. The molecule has 11 heteroatoms. The van der Waals surface area contributed by atoms with Crippen molar-refractivity contribution in [3.63, 3.8) is 0 Å². The van der Waals surface area contributed by atoms with Gasteiger partial charge in [0.2, 0.25) is 5.75 Å². The minimum atomic E-state index is -1.62. The quantitative estimate of drug-likeness (QED) is 0.350. The molecule has 0 radical (unpaired) electrons. The maximum absolute atomic E-state index is 10.5. The smallest absolute Gasteiger partial charge is 0.870 e. The number of aromatic carboxylic acids is 1. The van der Waals surface area contributed by atoms with E-state index in [0.29, 0.717) is 6.07 Å². The van der Waals surface area contributed by atoms with Gasteiger partial charge in [0.05, 0.1) is 9.85 Å². The normalized spacial score (nSPS) is 8.67. The molecular weight excluding hydrogens is 263 g/mol. The van der Waals surface area contributed by atoms with E-state index >= 15 is 0 Å². The van der Waals surface area contributed by atoms with Crippen LogP contribution in [0.2, 0.25) is 0 Å². The summed E-state index contributed by atoms with van der Waals surface area (Å²) < 4.78 is 0. The zero-order valence-corrected chi connectivity index (χ0v) is 10.9. The van der Waals surface area contributed by atoms with E-state index in [1.54, 1.807) is 0 Å². The predicted octanol–water partition coefficient (Wildman–Crippen LogP) is -2.27. The van der Waals surface area contributed by atoms with Gasteiger partial charge in [-0.2, -0.15) is 0 Å². The molecule has 0 unspecified atom stereocenters. The first-order chi connectivity index (χ1) is 7.36. The van der Waals surface area contributed by atoms with E-state index in [1.165, 1.54) is 0 Å². The van der Waals surface area contributed by atoms with E-state index < -0.39 is 38.5 Å². The molecule has 1 aromatic carbocycles. The fourth-order valence-electron chi connectivity index (χ4n) is 1.07. The first kappa shape index (κ1) is 18.6. The van der Waals surface area contributed by atoms with Crippen molar-refractivity contribution in [2.75, 3.05) is 0 Å². The first-order valence-corrected chi connectivity index (χ1v) is 3.74. The average Bonchev–Trinajstić information content (AvgIpc) is 2.15. The molecule has 1 aromatic rings. The number of phenols is 1. The van der Waals surface area contributed by atoms with Crippen molar-refractivity contribution in [2.45, 2.75) is 0 Å². The van der Waals surface area contributed by atoms with Crippen LogP contribution in [0.1, 0.15) is 10.4 Å². The van der Waals surface area contributed by atoms with Crippen molar-refractivity contribution in [1.29, 1.82) is 0 Å². The molecule has 0 aromatic heterocycles. The number of hydrogen-bond donors (Lipinski definition) is 2. The van der Waals surface area contributed by atoms with Crippen LogP contribution in [0.25, 0.3) is 0 Å². The number of nitrogens with zero attached hydrogens (tertiary/aromatic N) is 2. The number of aromatic hydroxyl groups is 1. The van der Waals surface area contributed by atoms with E-state index in [1.807, 2.05) is 0 Å². The number of hydrogen-bond acceptors (Lipinski definition) is 7. The molecule has 18 heavy (non-hydrogen) atoms. The first-order valence-electron chi connectivity index (χ1n) is 3.74. The fraction of sp³-hybridized carbons (Fsp3) is 0. The summed E-state index contributed by atoms with van der Waals surface area (Å²) >= 11 is 0. The summed E-state index contributed by atoms with van der Waals surface area (Å²) in [5, 5.41) is 38.7. The summed E-state index contributed by atoms with van der Waals surface area (Å²) in [4.78, 5) is 29.1. The maximum Gasteiger partial charge on any atom is 1.00 e. The van der Waals surface area contributed by atoms with Crippen molar-refractivity contribution in [1.82, 2.24) is 0 Å². The zero-order valence-electron chi connectivity index (χ0n) is 8.93. The third-order valence-electron chi connectivity index (χ3n) is 1.74. The predicted molar refractivity (Wildman–Crippen MR) is 50.3 cm³/mol. The van der Waals surface area contributed by atoms with Gasteiger partial charge in [0.15, 0.2) is 0 Å². The molecule has 0 spiro atoms. The number of benzene rings is 1. The van der Waals surface area contributed by atoms with Crippen LogP contribution in [0.3, 0.4) is 0 Å². The number of nitro groups is 2. The Bertz CT molecular complexity index is 502. The molecule has 3 N–H and O–H groups in total. The standard InChI is InChI=1S/C7H4N2O7.Na.H2O/c10-6-3(7(11)12)1-2-4(8(13)14)5(6)9(15)16;;/h1-2,10H,(H,11,12);;1H2/q;+1;/p-1. The SMILES string of the molecule is O=C(O)c1ccc([N+](=O)[O-])c([N+](=O)[O-])c1O.[Na+].[OH-]. The Morgan fingerprint density at radius 1 is 1.17 bits per heavy atom. The van der Waals surface area contributed by atoms with Crippen LogP contribution in [0, 0.1) is 20.2 Å². The van der Waals surface area contributed by atoms with Crippen molar-refractivity contribution >= 4 is 17.3 Å². The van der Waals surface area contributed by atoms with Crippen LogP contribution >= 0.6 is 0 Å². The molecule has 0 saturated heterocycles. The maximum atomic E-state index is 10.5. The minimum Gasteiger partial charge on any atom is -0.870 e. The Balaban J connectivity index is 0. The molecule has 0 atom stereocenters. The second-order valence-corrected chi connectivity index (χ2v) is 2.65.